The van der Waals surface area contributed by atoms with Gasteiger partial charge in [-0.15, -0.1) is 0 Å². The lowest BCUT2D eigenvalue weighted by molar-refractivity contribution is -0.141. The maximum atomic E-state index is 13.8. The van der Waals surface area contributed by atoms with E-state index in [1.165, 1.54) is 0 Å². The van der Waals surface area contributed by atoms with E-state index in [9.17, 15) is 9.59 Å². The highest BCUT2D eigenvalue weighted by Crippen LogP contribution is 2.24. The van der Waals surface area contributed by atoms with Crippen LogP contribution in [-0.2, 0) is 29.0 Å². The topological polar surface area (TPSA) is 49.4 Å². The van der Waals surface area contributed by atoms with Crippen LogP contribution in [0, 0.1) is 0 Å². The van der Waals surface area contributed by atoms with Gasteiger partial charge in [0.05, 0.1) is 6.42 Å². The molecule has 7 heteroatoms. The van der Waals surface area contributed by atoms with E-state index in [1.54, 1.807) is 29.2 Å². The summed E-state index contributed by atoms with van der Waals surface area (Å²) in [4.78, 5) is 29.2. The quantitative estimate of drug-likeness (QED) is 0.319. The van der Waals surface area contributed by atoms with Crippen LogP contribution in [0.25, 0.3) is 0 Å². The Labute approximate surface area is 227 Å². The molecule has 1 aliphatic carbocycles. The van der Waals surface area contributed by atoms with Crippen molar-refractivity contribution in [3.8, 4) is 0 Å². The van der Waals surface area contributed by atoms with Crippen LogP contribution in [0.1, 0.15) is 42.4 Å². The van der Waals surface area contributed by atoms with Crippen LogP contribution in [0.5, 0.6) is 0 Å². The molecule has 1 saturated carbocycles. The van der Waals surface area contributed by atoms with E-state index < -0.39 is 6.04 Å². The number of carbonyl (C=O) groups excluding carboxylic acids is 2. The molecular formula is C29H29Cl3N2O2. The molecule has 0 radical (unpaired) electrons. The predicted octanol–water partition coefficient (Wildman–Crippen LogP) is 6.89. The first-order chi connectivity index (χ1) is 17.4. The Morgan fingerprint density at radius 2 is 1.56 bits per heavy atom. The van der Waals surface area contributed by atoms with Gasteiger partial charge in [-0.1, -0.05) is 96.2 Å². The number of carbonyl (C=O) groups is 2. The van der Waals surface area contributed by atoms with Gasteiger partial charge in [0.2, 0.25) is 11.8 Å². The number of amides is 2. The minimum Gasteiger partial charge on any atom is -0.352 e. The molecule has 36 heavy (non-hydrogen) atoms. The van der Waals surface area contributed by atoms with Crippen LogP contribution in [0.2, 0.25) is 15.1 Å². The summed E-state index contributed by atoms with van der Waals surface area (Å²) in [6.45, 7) is 0.250. The normalized spacial score (nSPS) is 14.4. The third kappa shape index (κ3) is 7.25. The molecule has 1 N–H and O–H groups in total. The van der Waals surface area contributed by atoms with E-state index >= 15 is 0 Å². The minimum atomic E-state index is -0.689. The van der Waals surface area contributed by atoms with Crippen molar-refractivity contribution in [3.05, 3.63) is 105 Å². The molecule has 3 aromatic rings. The Morgan fingerprint density at radius 3 is 2.25 bits per heavy atom. The Balaban J connectivity index is 1.67. The summed E-state index contributed by atoms with van der Waals surface area (Å²) in [6.07, 6.45) is 4.60. The lowest BCUT2D eigenvalue weighted by Crippen LogP contribution is -2.52. The van der Waals surface area contributed by atoms with Crippen molar-refractivity contribution >= 4 is 46.6 Å². The molecule has 4 rings (SSSR count). The SMILES string of the molecule is O=C(NC1CCCC1)[C@@H](Cc1ccccc1)N(Cc1cccc(Cl)c1)C(=O)Cc1ccc(Cl)cc1Cl. The number of benzene rings is 3. The number of hydrogen-bond donors (Lipinski definition) is 1. The maximum absolute atomic E-state index is 13.8. The highest BCUT2D eigenvalue weighted by Gasteiger charge is 2.32. The first-order valence-electron chi connectivity index (χ1n) is 12.2. The third-order valence-corrected chi connectivity index (χ3v) is 7.39. The second-order valence-electron chi connectivity index (χ2n) is 9.26. The first kappa shape index (κ1) is 26.5. The fourth-order valence-corrected chi connectivity index (χ4v) is 5.37. The Morgan fingerprint density at radius 1 is 0.861 bits per heavy atom. The van der Waals surface area contributed by atoms with Crippen LogP contribution in [0.3, 0.4) is 0 Å². The standard InChI is InChI=1S/C29H29Cl3N2O2/c30-23-10-6-9-21(15-23)19-34(28(35)17-22-13-14-24(31)18-26(22)32)27(16-20-7-2-1-3-8-20)29(36)33-25-11-4-5-12-25/h1-3,6-10,13-15,18,25,27H,4-5,11-12,16-17,19H2,(H,33,36)/t27-/m1/s1. The minimum absolute atomic E-state index is 0.0541. The molecule has 1 atom stereocenters. The summed E-state index contributed by atoms with van der Waals surface area (Å²) in [6, 6.07) is 21.7. The lowest BCUT2D eigenvalue weighted by Gasteiger charge is -2.32. The smallest absolute Gasteiger partial charge is 0.243 e. The van der Waals surface area contributed by atoms with Crippen LogP contribution in [-0.4, -0.2) is 28.8 Å². The fraction of sp³-hybridized carbons (Fsp3) is 0.310. The van der Waals surface area contributed by atoms with Gasteiger partial charge in [0.25, 0.3) is 0 Å². The molecule has 0 heterocycles. The van der Waals surface area contributed by atoms with Gasteiger partial charge in [-0.25, -0.2) is 0 Å². The van der Waals surface area contributed by atoms with Crippen molar-refractivity contribution in [2.45, 2.75) is 57.2 Å². The molecule has 1 fully saturated rings. The first-order valence-corrected chi connectivity index (χ1v) is 13.3. The molecule has 0 saturated heterocycles. The molecule has 0 aromatic heterocycles. The fourth-order valence-electron chi connectivity index (χ4n) is 4.68. The Hall–Kier alpha value is -2.53. The molecule has 0 unspecified atom stereocenters. The van der Waals surface area contributed by atoms with Gasteiger partial charge in [-0.05, 0) is 53.8 Å². The van der Waals surface area contributed by atoms with Gasteiger partial charge in [-0.3, -0.25) is 9.59 Å². The van der Waals surface area contributed by atoms with E-state index in [-0.39, 0.29) is 30.8 Å². The summed E-state index contributed by atoms with van der Waals surface area (Å²) < 4.78 is 0. The van der Waals surface area contributed by atoms with Crippen molar-refractivity contribution in [3.63, 3.8) is 0 Å². The number of nitrogens with one attached hydrogen (secondary N) is 1. The Kier molecular flexibility index (Phi) is 9.30. The molecule has 0 aliphatic heterocycles. The van der Waals surface area contributed by atoms with Crippen molar-refractivity contribution in [1.29, 1.82) is 0 Å². The summed E-state index contributed by atoms with van der Waals surface area (Å²) in [5.74, 6) is -0.329. The number of hydrogen-bond acceptors (Lipinski definition) is 2. The second kappa shape index (κ2) is 12.6. The summed E-state index contributed by atoms with van der Waals surface area (Å²) in [7, 11) is 0. The zero-order valence-electron chi connectivity index (χ0n) is 19.9. The molecule has 0 bridgehead atoms. The third-order valence-electron chi connectivity index (χ3n) is 6.57. The zero-order valence-corrected chi connectivity index (χ0v) is 22.2. The molecule has 4 nitrogen and oxygen atoms in total. The average molecular weight is 544 g/mol. The molecule has 2 amide bonds. The van der Waals surface area contributed by atoms with Gasteiger partial charge < -0.3 is 10.2 Å². The largest absolute Gasteiger partial charge is 0.352 e. The number of rotatable bonds is 9. The number of nitrogens with zero attached hydrogens (tertiary/aromatic N) is 1. The van der Waals surface area contributed by atoms with Gasteiger partial charge in [0.1, 0.15) is 6.04 Å². The molecule has 188 valence electrons. The van der Waals surface area contributed by atoms with Gasteiger partial charge in [0, 0.05) is 34.1 Å². The van der Waals surface area contributed by atoms with Gasteiger partial charge in [-0.2, -0.15) is 0 Å². The summed E-state index contributed by atoms with van der Waals surface area (Å²) in [5, 5.41) is 4.72. The lowest BCUT2D eigenvalue weighted by atomic mass is 10.0. The van der Waals surface area contributed by atoms with Crippen LogP contribution in [0.15, 0.2) is 72.8 Å². The highest BCUT2D eigenvalue weighted by atomic mass is 35.5. The van der Waals surface area contributed by atoms with Crippen LogP contribution >= 0.6 is 34.8 Å². The van der Waals surface area contributed by atoms with Crippen LogP contribution < -0.4 is 5.32 Å². The van der Waals surface area contributed by atoms with E-state index in [0.717, 1.165) is 36.8 Å². The average Bonchev–Trinajstić information content (AvgIpc) is 3.36. The summed E-state index contributed by atoms with van der Waals surface area (Å²) >= 11 is 18.7. The van der Waals surface area contributed by atoms with Crippen molar-refractivity contribution in [1.82, 2.24) is 10.2 Å². The van der Waals surface area contributed by atoms with E-state index in [2.05, 4.69) is 5.32 Å². The van der Waals surface area contributed by atoms with Crippen molar-refractivity contribution in [2.75, 3.05) is 0 Å². The van der Waals surface area contributed by atoms with E-state index in [0.29, 0.717) is 27.1 Å². The second-order valence-corrected chi connectivity index (χ2v) is 10.5. The molecule has 1 aliphatic rings. The predicted molar refractivity (Wildman–Crippen MR) is 147 cm³/mol. The van der Waals surface area contributed by atoms with Crippen molar-refractivity contribution < 1.29 is 9.59 Å². The molecule has 3 aromatic carbocycles. The monoisotopic (exact) mass is 542 g/mol. The highest BCUT2D eigenvalue weighted by molar-refractivity contribution is 6.35. The molecule has 0 spiro atoms. The maximum Gasteiger partial charge on any atom is 0.243 e. The number of halogens is 3. The van der Waals surface area contributed by atoms with Gasteiger partial charge in [0.15, 0.2) is 0 Å². The zero-order chi connectivity index (χ0) is 25.5. The van der Waals surface area contributed by atoms with E-state index in [1.807, 2.05) is 48.5 Å². The van der Waals surface area contributed by atoms with Crippen molar-refractivity contribution in [2.24, 2.45) is 0 Å². The van der Waals surface area contributed by atoms with E-state index in [4.69, 9.17) is 34.8 Å². The van der Waals surface area contributed by atoms with Gasteiger partial charge >= 0.3 is 0 Å². The van der Waals surface area contributed by atoms with Crippen LogP contribution in [0.4, 0.5) is 0 Å². The Bertz CT molecular complexity index is 1200. The summed E-state index contributed by atoms with van der Waals surface area (Å²) in [5.41, 5.74) is 2.50. The molecular weight excluding hydrogens is 515 g/mol.